The van der Waals surface area contributed by atoms with Crippen molar-refractivity contribution in [2.75, 3.05) is 4.90 Å². The number of carbonyl (C=O) groups excluding carboxylic acids is 1. The molecule has 4 heteroatoms. The third-order valence-corrected chi connectivity index (χ3v) is 6.03. The van der Waals surface area contributed by atoms with E-state index in [0.29, 0.717) is 5.56 Å². The maximum absolute atomic E-state index is 13.4. The molecule has 0 radical (unpaired) electrons. The highest BCUT2D eigenvalue weighted by molar-refractivity contribution is 6.35. The maximum Gasteiger partial charge on any atom is 0.261 e. The quantitative estimate of drug-likeness (QED) is 0.545. The van der Waals surface area contributed by atoms with Crippen molar-refractivity contribution in [1.82, 2.24) is 0 Å². The summed E-state index contributed by atoms with van der Waals surface area (Å²) in [4.78, 5) is 15.2. The molecule has 2 aromatic carbocycles. The summed E-state index contributed by atoms with van der Waals surface area (Å²) in [6, 6.07) is 18.2. The predicted molar refractivity (Wildman–Crippen MR) is 108 cm³/mol. The second kappa shape index (κ2) is 5.81. The Morgan fingerprint density at radius 1 is 1.07 bits per heavy atom. The van der Waals surface area contributed by atoms with Gasteiger partial charge in [0.15, 0.2) is 0 Å². The number of nitriles is 2. The minimum absolute atomic E-state index is 0.121. The Morgan fingerprint density at radius 3 is 2.32 bits per heavy atom. The summed E-state index contributed by atoms with van der Waals surface area (Å²) in [5.41, 5.74) is 4.19. The zero-order valence-corrected chi connectivity index (χ0v) is 16.5. The van der Waals surface area contributed by atoms with Gasteiger partial charge in [0, 0.05) is 16.5 Å². The van der Waals surface area contributed by atoms with Crippen LogP contribution in [-0.4, -0.2) is 11.4 Å². The highest BCUT2D eigenvalue weighted by atomic mass is 16.2. The van der Waals surface area contributed by atoms with E-state index in [-0.39, 0.29) is 22.5 Å². The molecular weight excluding hydrogens is 346 g/mol. The van der Waals surface area contributed by atoms with Gasteiger partial charge in [-0.3, -0.25) is 4.79 Å². The number of rotatable bonds is 1. The molecule has 4 nitrogen and oxygen atoms in total. The molecular formula is C24H21N3O. The van der Waals surface area contributed by atoms with Crippen LogP contribution in [0, 0.1) is 29.6 Å². The largest absolute Gasteiger partial charge is 0.302 e. The van der Waals surface area contributed by atoms with Crippen LogP contribution in [0.4, 0.5) is 5.69 Å². The van der Waals surface area contributed by atoms with Crippen LogP contribution in [0.25, 0.3) is 5.57 Å². The number of allylic oxidation sites excluding steroid dienone is 1. The molecule has 138 valence electrons. The number of hydrogen-bond donors (Lipinski definition) is 0. The zero-order chi connectivity index (χ0) is 20.3. The van der Waals surface area contributed by atoms with Gasteiger partial charge < -0.3 is 4.90 Å². The molecule has 1 amide bonds. The van der Waals surface area contributed by atoms with Gasteiger partial charge in [0.05, 0.1) is 11.3 Å². The summed E-state index contributed by atoms with van der Waals surface area (Å²) in [5, 5.41) is 18.9. The van der Waals surface area contributed by atoms with Crippen molar-refractivity contribution in [2.24, 2.45) is 0 Å². The Hall–Kier alpha value is -3.37. The normalized spacial score (nSPS) is 21.7. The summed E-state index contributed by atoms with van der Waals surface area (Å²) in [6.07, 6.45) is 0.743. The molecule has 2 aromatic rings. The number of benzene rings is 2. The van der Waals surface area contributed by atoms with Crippen LogP contribution < -0.4 is 4.90 Å². The van der Waals surface area contributed by atoms with E-state index >= 15 is 0 Å². The van der Waals surface area contributed by atoms with E-state index in [0.717, 1.165) is 23.2 Å². The molecule has 0 aliphatic carbocycles. The van der Waals surface area contributed by atoms with Gasteiger partial charge in [0.25, 0.3) is 5.91 Å². The van der Waals surface area contributed by atoms with Crippen molar-refractivity contribution < 1.29 is 4.79 Å². The minimum atomic E-state index is -0.462. The van der Waals surface area contributed by atoms with Crippen LogP contribution in [0.2, 0.25) is 0 Å². The first kappa shape index (κ1) is 18.0. The lowest BCUT2D eigenvalue weighted by Gasteiger charge is -2.50. The molecule has 2 heterocycles. The summed E-state index contributed by atoms with van der Waals surface area (Å²) in [6.45, 7) is 8.32. The van der Waals surface area contributed by atoms with E-state index in [1.165, 1.54) is 5.56 Å². The molecule has 0 aromatic heterocycles. The Bertz CT molecular complexity index is 1110. The lowest BCUT2D eigenvalue weighted by Crippen LogP contribution is -2.54. The molecule has 1 unspecified atom stereocenters. The van der Waals surface area contributed by atoms with Gasteiger partial charge in [-0.1, -0.05) is 48.9 Å². The molecule has 0 saturated carbocycles. The summed E-state index contributed by atoms with van der Waals surface area (Å²) in [7, 11) is 0. The Labute approximate surface area is 165 Å². The molecule has 0 spiro atoms. The topological polar surface area (TPSA) is 67.9 Å². The van der Waals surface area contributed by atoms with Gasteiger partial charge in [0.2, 0.25) is 0 Å². The smallest absolute Gasteiger partial charge is 0.261 e. The third kappa shape index (κ3) is 2.25. The first-order chi connectivity index (χ1) is 13.2. The summed E-state index contributed by atoms with van der Waals surface area (Å²) < 4.78 is 0. The highest BCUT2D eigenvalue weighted by Gasteiger charge is 2.53. The fraction of sp³-hybridized carbons (Fsp3) is 0.292. The van der Waals surface area contributed by atoms with E-state index in [2.05, 4.69) is 39.0 Å². The molecule has 0 fully saturated rings. The average Bonchev–Trinajstić information content (AvgIpc) is 2.95. The maximum atomic E-state index is 13.4. The number of amides is 1. The molecule has 0 saturated heterocycles. The van der Waals surface area contributed by atoms with E-state index in [1.807, 2.05) is 43.3 Å². The molecule has 4 rings (SSSR count). The second-order valence-corrected chi connectivity index (χ2v) is 8.51. The minimum Gasteiger partial charge on any atom is -0.302 e. The monoisotopic (exact) mass is 367 g/mol. The lowest BCUT2D eigenvalue weighted by molar-refractivity contribution is -0.114. The Morgan fingerprint density at radius 2 is 1.71 bits per heavy atom. The van der Waals surface area contributed by atoms with E-state index in [4.69, 9.17) is 0 Å². The van der Waals surface area contributed by atoms with Gasteiger partial charge in [0.1, 0.15) is 17.7 Å². The number of nitrogens with zero attached hydrogens (tertiary/aromatic N) is 3. The third-order valence-electron chi connectivity index (χ3n) is 6.03. The van der Waals surface area contributed by atoms with Gasteiger partial charge in [-0.2, -0.15) is 10.5 Å². The van der Waals surface area contributed by atoms with Crippen LogP contribution in [0.3, 0.4) is 0 Å². The fourth-order valence-electron chi connectivity index (χ4n) is 5.02. The molecule has 2 aliphatic heterocycles. The Kier molecular flexibility index (Phi) is 3.74. The number of hydrogen-bond acceptors (Lipinski definition) is 3. The number of aryl methyl sites for hydroxylation is 1. The van der Waals surface area contributed by atoms with Crippen molar-refractivity contribution in [3.8, 4) is 12.1 Å². The average molecular weight is 367 g/mol. The van der Waals surface area contributed by atoms with Crippen LogP contribution in [0.1, 0.15) is 49.4 Å². The van der Waals surface area contributed by atoms with E-state index in [1.54, 1.807) is 4.90 Å². The number of anilines is 1. The molecule has 1 atom stereocenters. The van der Waals surface area contributed by atoms with Crippen molar-refractivity contribution in [3.63, 3.8) is 0 Å². The highest BCUT2D eigenvalue weighted by Crippen LogP contribution is 2.56. The van der Waals surface area contributed by atoms with Crippen molar-refractivity contribution in [3.05, 3.63) is 70.3 Å². The zero-order valence-electron chi connectivity index (χ0n) is 16.5. The molecule has 0 bridgehead atoms. The van der Waals surface area contributed by atoms with Crippen molar-refractivity contribution in [1.29, 1.82) is 10.5 Å². The van der Waals surface area contributed by atoms with Crippen LogP contribution in [-0.2, 0) is 10.2 Å². The lowest BCUT2D eigenvalue weighted by atomic mass is 9.65. The standard InChI is InChI=1S/C24H21N3O/c1-15-10-18-20(16(12-25)13-26)22(28)27-21(18)19(11-15)24(4,14-23(27,2)3)17-8-6-5-7-9-17/h5-11H,14H2,1-4H3. The SMILES string of the molecule is Cc1cc2c3c(c1)C(C)(c1ccccc1)CC(C)(C)N3C(=O)C2=C(C#N)C#N. The van der Waals surface area contributed by atoms with Crippen molar-refractivity contribution >= 4 is 17.2 Å². The van der Waals surface area contributed by atoms with Gasteiger partial charge in [-0.25, -0.2) is 0 Å². The summed E-state index contributed by atoms with van der Waals surface area (Å²) in [5.74, 6) is -0.250. The first-order valence-corrected chi connectivity index (χ1v) is 9.34. The summed E-state index contributed by atoms with van der Waals surface area (Å²) >= 11 is 0. The van der Waals surface area contributed by atoms with Crippen LogP contribution in [0.15, 0.2) is 48.0 Å². The van der Waals surface area contributed by atoms with Gasteiger partial charge in [-0.15, -0.1) is 0 Å². The first-order valence-electron chi connectivity index (χ1n) is 9.34. The number of carbonyl (C=O) groups is 1. The Balaban J connectivity index is 2.13. The van der Waals surface area contributed by atoms with E-state index in [9.17, 15) is 15.3 Å². The van der Waals surface area contributed by atoms with Crippen LogP contribution in [0.5, 0.6) is 0 Å². The van der Waals surface area contributed by atoms with Crippen molar-refractivity contribution in [2.45, 2.75) is 45.1 Å². The van der Waals surface area contributed by atoms with Gasteiger partial charge >= 0.3 is 0 Å². The second-order valence-electron chi connectivity index (χ2n) is 8.51. The molecule has 28 heavy (non-hydrogen) atoms. The molecule has 0 N–H and O–H groups in total. The van der Waals surface area contributed by atoms with Gasteiger partial charge in [-0.05, 0) is 44.4 Å². The predicted octanol–water partition coefficient (Wildman–Crippen LogP) is 4.63. The fourth-order valence-corrected chi connectivity index (χ4v) is 5.02. The van der Waals surface area contributed by atoms with Crippen LogP contribution >= 0.6 is 0 Å². The van der Waals surface area contributed by atoms with E-state index < -0.39 is 5.54 Å². The molecule has 2 aliphatic rings.